The van der Waals surface area contributed by atoms with E-state index in [0.29, 0.717) is 30.5 Å². The van der Waals surface area contributed by atoms with Crippen molar-refractivity contribution in [2.24, 2.45) is 11.7 Å². The molecule has 2 atom stereocenters. The third-order valence-corrected chi connectivity index (χ3v) is 5.01. The van der Waals surface area contributed by atoms with Gasteiger partial charge in [0, 0.05) is 30.6 Å². The quantitative estimate of drug-likeness (QED) is 0.889. The normalized spacial score (nSPS) is 23.9. The second-order valence-corrected chi connectivity index (χ2v) is 6.76. The largest absolute Gasteiger partial charge is 0.335 e. The molecule has 2 aliphatic carbocycles. The van der Waals surface area contributed by atoms with Gasteiger partial charge in [-0.15, -0.1) is 12.4 Å². The topological polar surface area (TPSA) is 46.3 Å². The van der Waals surface area contributed by atoms with Crippen LogP contribution in [0.4, 0.5) is 4.39 Å². The second-order valence-electron chi connectivity index (χ2n) is 6.76. The molecule has 1 aromatic rings. The monoisotopic (exact) mass is 340 g/mol. The first-order valence-corrected chi connectivity index (χ1v) is 8.43. The summed E-state index contributed by atoms with van der Waals surface area (Å²) in [7, 11) is 0. The SMILES string of the molecule is Cl.NC1CCCCC1CC(=O)N(Cc1ccccc1F)C1CC1. The Morgan fingerprint density at radius 2 is 1.87 bits per heavy atom. The smallest absolute Gasteiger partial charge is 0.223 e. The lowest BCUT2D eigenvalue weighted by Gasteiger charge is -2.31. The standard InChI is InChI=1S/C18H25FN2O.ClH/c19-16-7-3-1-6-14(16)12-21(15-9-10-15)18(22)11-13-5-2-4-8-17(13)20;/h1,3,6-7,13,15,17H,2,4-5,8-12,20H2;1H. The lowest BCUT2D eigenvalue weighted by Crippen LogP contribution is -2.39. The van der Waals surface area contributed by atoms with Gasteiger partial charge in [0.1, 0.15) is 5.82 Å². The van der Waals surface area contributed by atoms with Gasteiger partial charge in [0.25, 0.3) is 0 Å². The van der Waals surface area contributed by atoms with Crippen LogP contribution >= 0.6 is 12.4 Å². The summed E-state index contributed by atoms with van der Waals surface area (Å²) in [6.07, 6.45) is 7.01. The minimum atomic E-state index is -0.227. The van der Waals surface area contributed by atoms with Crippen LogP contribution in [0.2, 0.25) is 0 Å². The van der Waals surface area contributed by atoms with Crippen LogP contribution in [0.1, 0.15) is 50.5 Å². The van der Waals surface area contributed by atoms with Gasteiger partial charge in [-0.2, -0.15) is 0 Å². The van der Waals surface area contributed by atoms with Crippen molar-refractivity contribution in [1.29, 1.82) is 0 Å². The number of rotatable bonds is 5. The van der Waals surface area contributed by atoms with E-state index >= 15 is 0 Å². The van der Waals surface area contributed by atoms with Crippen molar-refractivity contribution in [3.8, 4) is 0 Å². The molecule has 5 heteroatoms. The fourth-order valence-electron chi connectivity index (χ4n) is 3.45. The summed E-state index contributed by atoms with van der Waals surface area (Å²) in [6, 6.07) is 7.18. The van der Waals surface area contributed by atoms with Crippen LogP contribution < -0.4 is 5.73 Å². The molecule has 0 radical (unpaired) electrons. The summed E-state index contributed by atoms with van der Waals surface area (Å²) < 4.78 is 13.9. The zero-order chi connectivity index (χ0) is 15.5. The van der Waals surface area contributed by atoms with Gasteiger partial charge >= 0.3 is 0 Å². The average molecular weight is 341 g/mol. The molecule has 0 aliphatic heterocycles. The van der Waals surface area contributed by atoms with Crippen molar-refractivity contribution < 1.29 is 9.18 Å². The molecule has 23 heavy (non-hydrogen) atoms. The third kappa shape index (κ3) is 4.67. The number of nitrogens with zero attached hydrogens (tertiary/aromatic N) is 1. The first kappa shape index (κ1) is 18.2. The van der Waals surface area contributed by atoms with Crippen molar-refractivity contribution in [2.45, 2.75) is 63.6 Å². The molecule has 0 saturated heterocycles. The van der Waals surface area contributed by atoms with Crippen molar-refractivity contribution in [1.82, 2.24) is 4.90 Å². The molecular formula is C18H26ClFN2O. The zero-order valence-corrected chi connectivity index (χ0v) is 14.2. The molecule has 3 nitrogen and oxygen atoms in total. The van der Waals surface area contributed by atoms with Gasteiger partial charge in [-0.1, -0.05) is 31.0 Å². The molecule has 3 rings (SSSR count). The van der Waals surface area contributed by atoms with Gasteiger partial charge < -0.3 is 10.6 Å². The lowest BCUT2D eigenvalue weighted by atomic mass is 9.82. The summed E-state index contributed by atoms with van der Waals surface area (Å²) in [6.45, 7) is 0.387. The molecule has 0 spiro atoms. The Kier molecular flexibility index (Phi) is 6.42. The van der Waals surface area contributed by atoms with Gasteiger partial charge in [0.15, 0.2) is 0 Å². The number of carbonyl (C=O) groups is 1. The van der Waals surface area contributed by atoms with E-state index in [-0.39, 0.29) is 30.2 Å². The predicted molar refractivity (Wildman–Crippen MR) is 91.8 cm³/mol. The number of carbonyl (C=O) groups excluding carboxylic acids is 1. The maximum atomic E-state index is 13.9. The van der Waals surface area contributed by atoms with Crippen molar-refractivity contribution >= 4 is 18.3 Å². The highest BCUT2D eigenvalue weighted by Gasteiger charge is 2.35. The highest BCUT2D eigenvalue weighted by molar-refractivity contribution is 5.85. The van der Waals surface area contributed by atoms with Crippen molar-refractivity contribution in [3.05, 3.63) is 35.6 Å². The van der Waals surface area contributed by atoms with Crippen LogP contribution in [0, 0.1) is 11.7 Å². The molecule has 1 aromatic carbocycles. The maximum absolute atomic E-state index is 13.9. The van der Waals surface area contributed by atoms with Crippen LogP contribution in [0.3, 0.4) is 0 Å². The van der Waals surface area contributed by atoms with Gasteiger partial charge in [0.05, 0.1) is 0 Å². The number of benzene rings is 1. The lowest BCUT2D eigenvalue weighted by molar-refractivity contribution is -0.133. The van der Waals surface area contributed by atoms with E-state index in [1.807, 2.05) is 11.0 Å². The Morgan fingerprint density at radius 1 is 1.17 bits per heavy atom. The molecule has 2 saturated carbocycles. The van der Waals surface area contributed by atoms with Gasteiger partial charge in [-0.05, 0) is 37.7 Å². The summed E-state index contributed by atoms with van der Waals surface area (Å²) in [4.78, 5) is 14.6. The van der Waals surface area contributed by atoms with Crippen molar-refractivity contribution in [3.63, 3.8) is 0 Å². The Labute approximate surface area is 143 Å². The molecule has 1 amide bonds. The van der Waals surface area contributed by atoms with Crippen molar-refractivity contribution in [2.75, 3.05) is 0 Å². The van der Waals surface area contributed by atoms with Crippen LogP contribution in [-0.4, -0.2) is 22.9 Å². The van der Waals surface area contributed by atoms with E-state index in [0.717, 1.165) is 25.7 Å². The summed E-state index contributed by atoms with van der Waals surface area (Å²) in [5.41, 5.74) is 6.77. The summed E-state index contributed by atoms with van der Waals surface area (Å²) in [5.74, 6) is 0.214. The fourth-order valence-corrected chi connectivity index (χ4v) is 3.45. The zero-order valence-electron chi connectivity index (χ0n) is 13.4. The Bertz CT molecular complexity index is 536. The summed E-state index contributed by atoms with van der Waals surface area (Å²) in [5, 5.41) is 0. The van der Waals surface area contributed by atoms with E-state index < -0.39 is 0 Å². The molecule has 128 valence electrons. The van der Waals surface area contributed by atoms with Crippen LogP contribution in [0.5, 0.6) is 0 Å². The molecule has 2 aliphatic rings. The number of hydrogen-bond donors (Lipinski definition) is 1. The minimum absolute atomic E-state index is 0. The Morgan fingerprint density at radius 3 is 2.52 bits per heavy atom. The van der Waals surface area contributed by atoms with Gasteiger partial charge in [0.2, 0.25) is 5.91 Å². The first-order valence-electron chi connectivity index (χ1n) is 8.43. The molecular weight excluding hydrogens is 315 g/mol. The Balaban J connectivity index is 0.00000192. The highest BCUT2D eigenvalue weighted by atomic mass is 35.5. The van der Waals surface area contributed by atoms with E-state index in [9.17, 15) is 9.18 Å². The van der Waals surface area contributed by atoms with Crippen LogP contribution in [-0.2, 0) is 11.3 Å². The molecule has 0 heterocycles. The van der Waals surface area contributed by atoms with Gasteiger partial charge in [-0.3, -0.25) is 4.79 Å². The van der Waals surface area contributed by atoms with Crippen LogP contribution in [0.25, 0.3) is 0 Å². The predicted octanol–water partition coefficient (Wildman–Crippen LogP) is 3.65. The maximum Gasteiger partial charge on any atom is 0.223 e. The summed E-state index contributed by atoms with van der Waals surface area (Å²) >= 11 is 0. The minimum Gasteiger partial charge on any atom is -0.335 e. The van der Waals surface area contributed by atoms with E-state index in [2.05, 4.69) is 0 Å². The number of amides is 1. The highest BCUT2D eigenvalue weighted by Crippen LogP contribution is 2.32. The first-order chi connectivity index (χ1) is 10.6. The van der Waals surface area contributed by atoms with E-state index in [1.54, 1.807) is 12.1 Å². The van der Waals surface area contributed by atoms with Gasteiger partial charge in [-0.25, -0.2) is 4.39 Å². The Hall–Kier alpha value is -1.13. The average Bonchev–Trinajstić information content (AvgIpc) is 3.33. The fraction of sp³-hybridized carbons (Fsp3) is 0.611. The number of nitrogens with two attached hydrogens (primary N) is 1. The van der Waals surface area contributed by atoms with E-state index in [1.165, 1.54) is 18.9 Å². The van der Waals surface area contributed by atoms with Crippen LogP contribution in [0.15, 0.2) is 24.3 Å². The number of halogens is 2. The molecule has 2 fully saturated rings. The third-order valence-electron chi connectivity index (χ3n) is 5.01. The number of hydrogen-bond acceptors (Lipinski definition) is 2. The molecule has 2 N–H and O–H groups in total. The molecule has 0 bridgehead atoms. The molecule has 0 aromatic heterocycles. The second kappa shape index (κ2) is 8.11. The molecule has 2 unspecified atom stereocenters. The van der Waals surface area contributed by atoms with E-state index in [4.69, 9.17) is 5.73 Å².